The quantitative estimate of drug-likeness (QED) is 0.848. The second-order valence-corrected chi connectivity index (χ2v) is 8.33. The summed E-state index contributed by atoms with van der Waals surface area (Å²) in [5.41, 5.74) is -0.0144. The zero-order valence-electron chi connectivity index (χ0n) is 14.6. The van der Waals surface area contributed by atoms with Gasteiger partial charge in [-0.1, -0.05) is 24.6 Å². The molecule has 2 aromatic carbocycles. The summed E-state index contributed by atoms with van der Waals surface area (Å²) in [6.07, 6.45) is 2.75. The molecule has 0 saturated carbocycles. The van der Waals surface area contributed by atoms with E-state index < -0.39 is 33.1 Å². The van der Waals surface area contributed by atoms with E-state index in [1.807, 2.05) is 0 Å². The van der Waals surface area contributed by atoms with Crippen LogP contribution in [-0.4, -0.2) is 31.7 Å². The molecule has 1 aliphatic heterocycles. The average Bonchev–Trinajstić information content (AvgIpc) is 2.67. The topological polar surface area (TPSA) is 66.5 Å². The molecule has 0 bridgehead atoms. The molecule has 1 heterocycles. The number of benzene rings is 2. The molecule has 0 aliphatic carbocycles. The van der Waals surface area contributed by atoms with Crippen LogP contribution in [0.4, 0.5) is 8.78 Å². The molecule has 144 valence electrons. The fraction of sp³-hybridized carbons (Fsp3) is 0.316. The van der Waals surface area contributed by atoms with Crippen molar-refractivity contribution in [3.63, 3.8) is 0 Å². The normalized spacial score (nSPS) is 15.5. The van der Waals surface area contributed by atoms with E-state index in [1.54, 1.807) is 12.1 Å². The van der Waals surface area contributed by atoms with Gasteiger partial charge in [-0.15, -0.1) is 0 Å². The summed E-state index contributed by atoms with van der Waals surface area (Å²) in [7, 11) is -3.52. The first-order valence-electron chi connectivity index (χ1n) is 8.71. The SMILES string of the molecule is O=C(NCc1ccc(S(=O)(=O)N2CCCCC2)cc1)c1c(F)cccc1F. The van der Waals surface area contributed by atoms with E-state index in [4.69, 9.17) is 0 Å². The Balaban J connectivity index is 1.66. The zero-order valence-corrected chi connectivity index (χ0v) is 15.4. The van der Waals surface area contributed by atoms with Crippen molar-refractivity contribution in [1.82, 2.24) is 9.62 Å². The van der Waals surface area contributed by atoms with Crippen LogP contribution in [0, 0.1) is 11.6 Å². The van der Waals surface area contributed by atoms with Gasteiger partial charge in [-0.3, -0.25) is 4.79 Å². The van der Waals surface area contributed by atoms with Gasteiger partial charge in [0, 0.05) is 19.6 Å². The Morgan fingerprint density at radius 1 is 0.963 bits per heavy atom. The number of rotatable bonds is 5. The minimum absolute atomic E-state index is 0.0245. The summed E-state index contributed by atoms with van der Waals surface area (Å²) >= 11 is 0. The molecular weight excluding hydrogens is 374 g/mol. The minimum atomic E-state index is -3.52. The molecule has 0 radical (unpaired) electrons. The summed E-state index contributed by atoms with van der Waals surface area (Å²) < 4.78 is 53.9. The first kappa shape index (κ1) is 19.4. The zero-order chi connectivity index (χ0) is 19.4. The summed E-state index contributed by atoms with van der Waals surface area (Å²) in [4.78, 5) is 12.2. The van der Waals surface area contributed by atoms with E-state index in [0.717, 1.165) is 31.4 Å². The lowest BCUT2D eigenvalue weighted by Gasteiger charge is -2.25. The maximum Gasteiger partial charge on any atom is 0.257 e. The Morgan fingerprint density at radius 3 is 2.15 bits per heavy atom. The van der Waals surface area contributed by atoms with Crippen molar-refractivity contribution in [2.75, 3.05) is 13.1 Å². The summed E-state index contributed by atoms with van der Waals surface area (Å²) in [6, 6.07) is 9.33. The molecule has 0 unspecified atom stereocenters. The van der Waals surface area contributed by atoms with Crippen LogP contribution in [0.15, 0.2) is 47.4 Å². The molecule has 1 fully saturated rings. The fourth-order valence-corrected chi connectivity index (χ4v) is 4.54. The lowest BCUT2D eigenvalue weighted by molar-refractivity contribution is 0.0942. The highest BCUT2D eigenvalue weighted by Crippen LogP contribution is 2.21. The number of hydrogen-bond acceptors (Lipinski definition) is 3. The van der Waals surface area contributed by atoms with E-state index in [0.29, 0.717) is 18.7 Å². The fourth-order valence-electron chi connectivity index (χ4n) is 3.02. The molecule has 3 rings (SSSR count). The second-order valence-electron chi connectivity index (χ2n) is 6.39. The van der Waals surface area contributed by atoms with Gasteiger partial charge in [0.15, 0.2) is 0 Å². The number of carbonyl (C=O) groups excluding carboxylic acids is 1. The summed E-state index contributed by atoms with van der Waals surface area (Å²) in [5.74, 6) is -2.73. The van der Waals surface area contributed by atoms with Gasteiger partial charge < -0.3 is 5.32 Å². The van der Waals surface area contributed by atoms with Crippen molar-refractivity contribution >= 4 is 15.9 Å². The van der Waals surface area contributed by atoms with Crippen molar-refractivity contribution in [2.45, 2.75) is 30.7 Å². The molecule has 1 aliphatic rings. The Kier molecular flexibility index (Phi) is 5.86. The van der Waals surface area contributed by atoms with Crippen molar-refractivity contribution in [2.24, 2.45) is 0 Å². The molecule has 1 N–H and O–H groups in total. The highest BCUT2D eigenvalue weighted by molar-refractivity contribution is 7.89. The molecule has 2 aromatic rings. The Labute approximate surface area is 157 Å². The predicted octanol–water partition coefficient (Wildman–Crippen LogP) is 3.07. The highest BCUT2D eigenvalue weighted by atomic mass is 32.2. The third-order valence-electron chi connectivity index (χ3n) is 4.52. The smallest absolute Gasteiger partial charge is 0.257 e. The standard InChI is InChI=1S/C19H20F2N2O3S/c20-16-5-4-6-17(21)18(16)19(24)22-13-14-7-9-15(10-8-14)27(25,26)23-11-2-1-3-12-23/h4-10H,1-3,11-13H2,(H,22,24). The van der Waals surface area contributed by atoms with Gasteiger partial charge in [-0.2, -0.15) is 4.31 Å². The lowest BCUT2D eigenvalue weighted by Crippen LogP contribution is -2.35. The Bertz CT molecular complexity index is 904. The van der Waals surface area contributed by atoms with Crippen LogP contribution in [0.3, 0.4) is 0 Å². The first-order chi connectivity index (χ1) is 12.9. The Hall–Kier alpha value is -2.32. The Morgan fingerprint density at radius 2 is 1.56 bits per heavy atom. The van der Waals surface area contributed by atoms with Crippen LogP contribution in [-0.2, 0) is 16.6 Å². The van der Waals surface area contributed by atoms with E-state index in [2.05, 4.69) is 5.32 Å². The maximum atomic E-state index is 13.6. The maximum absolute atomic E-state index is 13.6. The number of hydrogen-bond donors (Lipinski definition) is 1. The number of nitrogens with one attached hydrogen (secondary N) is 1. The molecule has 0 atom stereocenters. The number of sulfonamides is 1. The molecule has 27 heavy (non-hydrogen) atoms. The molecule has 0 aromatic heterocycles. The van der Waals surface area contributed by atoms with Crippen LogP contribution < -0.4 is 5.32 Å². The van der Waals surface area contributed by atoms with Crippen LogP contribution in [0.1, 0.15) is 35.2 Å². The van der Waals surface area contributed by atoms with Gasteiger partial charge in [-0.25, -0.2) is 17.2 Å². The first-order valence-corrected chi connectivity index (χ1v) is 10.1. The van der Waals surface area contributed by atoms with Gasteiger partial charge in [0.1, 0.15) is 17.2 Å². The second kappa shape index (κ2) is 8.14. The third kappa shape index (κ3) is 4.33. The van der Waals surface area contributed by atoms with Gasteiger partial charge >= 0.3 is 0 Å². The molecule has 0 spiro atoms. The number of halogens is 2. The molecule has 5 nitrogen and oxygen atoms in total. The lowest BCUT2D eigenvalue weighted by atomic mass is 10.1. The van der Waals surface area contributed by atoms with Crippen LogP contribution in [0.25, 0.3) is 0 Å². The summed E-state index contributed by atoms with van der Waals surface area (Å²) in [5, 5.41) is 2.44. The van der Waals surface area contributed by atoms with E-state index >= 15 is 0 Å². The molecular formula is C19H20F2N2O3S. The van der Waals surface area contributed by atoms with Gasteiger partial charge in [0.25, 0.3) is 5.91 Å². The van der Waals surface area contributed by atoms with Gasteiger partial charge in [-0.05, 0) is 42.7 Å². The van der Waals surface area contributed by atoms with E-state index in [1.165, 1.54) is 22.5 Å². The van der Waals surface area contributed by atoms with Crippen LogP contribution >= 0.6 is 0 Å². The van der Waals surface area contributed by atoms with Crippen molar-refractivity contribution in [1.29, 1.82) is 0 Å². The third-order valence-corrected chi connectivity index (χ3v) is 6.43. The summed E-state index contributed by atoms with van der Waals surface area (Å²) in [6.45, 7) is 1.07. The number of amides is 1. The largest absolute Gasteiger partial charge is 0.348 e. The molecule has 1 saturated heterocycles. The highest BCUT2D eigenvalue weighted by Gasteiger charge is 2.25. The van der Waals surface area contributed by atoms with Gasteiger partial charge in [0.2, 0.25) is 10.0 Å². The van der Waals surface area contributed by atoms with E-state index in [-0.39, 0.29) is 11.4 Å². The predicted molar refractivity (Wildman–Crippen MR) is 96.6 cm³/mol. The van der Waals surface area contributed by atoms with Crippen molar-refractivity contribution < 1.29 is 22.0 Å². The van der Waals surface area contributed by atoms with E-state index in [9.17, 15) is 22.0 Å². The minimum Gasteiger partial charge on any atom is -0.348 e. The average molecular weight is 394 g/mol. The molecule has 8 heteroatoms. The van der Waals surface area contributed by atoms with Crippen molar-refractivity contribution in [3.8, 4) is 0 Å². The van der Waals surface area contributed by atoms with Crippen LogP contribution in [0.5, 0.6) is 0 Å². The number of piperidine rings is 1. The monoisotopic (exact) mass is 394 g/mol. The molecule has 1 amide bonds. The van der Waals surface area contributed by atoms with Crippen LogP contribution in [0.2, 0.25) is 0 Å². The number of nitrogens with zero attached hydrogens (tertiary/aromatic N) is 1. The van der Waals surface area contributed by atoms with Crippen molar-refractivity contribution in [3.05, 3.63) is 65.2 Å². The van der Waals surface area contributed by atoms with Gasteiger partial charge in [0.05, 0.1) is 4.90 Å². The number of carbonyl (C=O) groups is 1.